The van der Waals surface area contributed by atoms with Gasteiger partial charge >= 0.3 is 0 Å². The van der Waals surface area contributed by atoms with E-state index in [1.54, 1.807) is 18.2 Å². The van der Waals surface area contributed by atoms with E-state index in [0.29, 0.717) is 29.7 Å². The number of nitrogens with one attached hydrogen (secondary N) is 2. The van der Waals surface area contributed by atoms with Gasteiger partial charge in [-0.05, 0) is 85.1 Å². The van der Waals surface area contributed by atoms with Crippen molar-refractivity contribution in [1.29, 1.82) is 0 Å². The molecule has 0 radical (unpaired) electrons. The summed E-state index contributed by atoms with van der Waals surface area (Å²) in [6.07, 6.45) is 1.96. The van der Waals surface area contributed by atoms with Crippen molar-refractivity contribution >= 4 is 40.0 Å². The summed E-state index contributed by atoms with van der Waals surface area (Å²) in [5.41, 5.74) is 4.84. The van der Waals surface area contributed by atoms with Crippen LogP contribution in [0.4, 0.5) is 5.69 Å². The van der Waals surface area contributed by atoms with Crippen LogP contribution in [0.1, 0.15) is 55.5 Å². The predicted octanol–water partition coefficient (Wildman–Crippen LogP) is 6.92. The van der Waals surface area contributed by atoms with Crippen LogP contribution in [-0.2, 0) is 0 Å². The first-order valence-electron chi connectivity index (χ1n) is 11.8. The van der Waals surface area contributed by atoms with E-state index in [-0.39, 0.29) is 11.0 Å². The van der Waals surface area contributed by atoms with Gasteiger partial charge in [0, 0.05) is 16.8 Å². The molecule has 1 aromatic heterocycles. The van der Waals surface area contributed by atoms with Crippen LogP contribution in [0.3, 0.4) is 0 Å². The van der Waals surface area contributed by atoms with Gasteiger partial charge in [-0.1, -0.05) is 39.0 Å². The molecule has 0 aliphatic heterocycles. The SMILES string of the molecule is CCCOc1cccc(C(=O)NC(=S)Nc2cccc(-c3nc4cc(C(C)CC)ccc4o3)c2)c1. The minimum absolute atomic E-state index is 0.197. The minimum atomic E-state index is -0.309. The molecule has 7 heteroatoms. The number of hydrogen-bond donors (Lipinski definition) is 2. The highest BCUT2D eigenvalue weighted by molar-refractivity contribution is 7.80. The highest BCUT2D eigenvalue weighted by atomic mass is 32.1. The summed E-state index contributed by atoms with van der Waals surface area (Å²) >= 11 is 5.36. The third-order valence-electron chi connectivity index (χ3n) is 5.76. The molecule has 0 aliphatic carbocycles. The molecule has 6 nitrogen and oxygen atoms in total. The summed E-state index contributed by atoms with van der Waals surface area (Å²) < 4.78 is 11.6. The van der Waals surface area contributed by atoms with Crippen LogP contribution in [0.5, 0.6) is 5.75 Å². The van der Waals surface area contributed by atoms with Crippen molar-refractivity contribution in [3.05, 3.63) is 77.9 Å². The Morgan fingerprint density at radius 3 is 2.71 bits per heavy atom. The molecular weight excluding hydrogens is 458 g/mol. The number of nitrogens with zero attached hydrogens (tertiary/aromatic N) is 1. The van der Waals surface area contributed by atoms with E-state index in [1.807, 2.05) is 43.3 Å². The number of benzene rings is 3. The van der Waals surface area contributed by atoms with Crippen LogP contribution in [0, 0.1) is 0 Å². The molecule has 0 aliphatic rings. The standard InChI is InChI=1S/C28H29N3O3S/c1-4-14-33-23-11-7-8-20(16-23)26(32)31-28(35)29-22-10-6-9-21(15-22)27-30-24-17-19(18(3)5-2)12-13-25(24)34-27/h6-13,15-18H,4-5,14H2,1-3H3,(H2,29,31,32,35). The summed E-state index contributed by atoms with van der Waals surface area (Å²) in [6, 6.07) is 20.8. The number of thiocarbonyl (C=S) groups is 1. The van der Waals surface area contributed by atoms with Crippen molar-refractivity contribution in [3.63, 3.8) is 0 Å². The molecule has 2 N–H and O–H groups in total. The highest BCUT2D eigenvalue weighted by Crippen LogP contribution is 2.29. The lowest BCUT2D eigenvalue weighted by atomic mass is 9.98. The van der Waals surface area contributed by atoms with Gasteiger partial charge in [-0.15, -0.1) is 0 Å². The zero-order chi connectivity index (χ0) is 24.8. The molecule has 1 amide bonds. The van der Waals surface area contributed by atoms with Crippen molar-refractivity contribution in [3.8, 4) is 17.2 Å². The third-order valence-corrected chi connectivity index (χ3v) is 5.96. The van der Waals surface area contributed by atoms with E-state index >= 15 is 0 Å². The maximum absolute atomic E-state index is 12.6. The van der Waals surface area contributed by atoms with Crippen molar-refractivity contribution in [2.75, 3.05) is 11.9 Å². The Kier molecular flexibility index (Phi) is 7.77. The summed E-state index contributed by atoms with van der Waals surface area (Å²) in [7, 11) is 0. The number of anilines is 1. The van der Waals surface area contributed by atoms with E-state index in [9.17, 15) is 4.79 Å². The van der Waals surface area contributed by atoms with Gasteiger partial charge in [0.1, 0.15) is 11.3 Å². The Balaban J connectivity index is 1.44. The van der Waals surface area contributed by atoms with Gasteiger partial charge in [0.2, 0.25) is 5.89 Å². The Bertz CT molecular complexity index is 1350. The largest absolute Gasteiger partial charge is 0.494 e. The molecule has 1 unspecified atom stereocenters. The highest BCUT2D eigenvalue weighted by Gasteiger charge is 2.13. The molecule has 4 aromatic rings. The Labute approximate surface area is 210 Å². The molecule has 3 aromatic carbocycles. The van der Waals surface area contributed by atoms with Gasteiger partial charge in [0.25, 0.3) is 5.91 Å². The number of oxazole rings is 1. The van der Waals surface area contributed by atoms with Gasteiger partial charge in [-0.2, -0.15) is 0 Å². The van der Waals surface area contributed by atoms with Crippen molar-refractivity contribution in [2.45, 2.75) is 39.5 Å². The monoisotopic (exact) mass is 487 g/mol. The summed E-state index contributed by atoms with van der Waals surface area (Å²) in [5, 5.41) is 5.98. The summed E-state index contributed by atoms with van der Waals surface area (Å²) in [4.78, 5) is 17.3. The van der Waals surface area contributed by atoms with E-state index in [1.165, 1.54) is 5.56 Å². The van der Waals surface area contributed by atoms with Crippen LogP contribution in [0.2, 0.25) is 0 Å². The van der Waals surface area contributed by atoms with Crippen LogP contribution in [0.25, 0.3) is 22.6 Å². The van der Waals surface area contributed by atoms with Gasteiger partial charge in [-0.3, -0.25) is 10.1 Å². The lowest BCUT2D eigenvalue weighted by Gasteiger charge is -2.11. The van der Waals surface area contributed by atoms with Crippen LogP contribution in [0.15, 0.2) is 71.1 Å². The van der Waals surface area contributed by atoms with Crippen molar-refractivity contribution < 1.29 is 13.9 Å². The maximum Gasteiger partial charge on any atom is 0.257 e. The van der Waals surface area contributed by atoms with Gasteiger partial charge in [0.05, 0.1) is 6.61 Å². The third kappa shape index (κ3) is 6.05. The molecule has 1 heterocycles. The normalized spacial score (nSPS) is 11.7. The first-order valence-corrected chi connectivity index (χ1v) is 12.2. The number of rotatable bonds is 8. The van der Waals surface area contributed by atoms with Crippen LogP contribution in [-0.4, -0.2) is 22.6 Å². The molecule has 0 saturated carbocycles. The average Bonchev–Trinajstić information content (AvgIpc) is 3.31. The fourth-order valence-electron chi connectivity index (χ4n) is 3.62. The molecule has 180 valence electrons. The molecule has 35 heavy (non-hydrogen) atoms. The van der Waals surface area contributed by atoms with Gasteiger partial charge in [-0.25, -0.2) is 4.98 Å². The number of carbonyl (C=O) groups excluding carboxylic acids is 1. The predicted molar refractivity (Wildman–Crippen MR) is 144 cm³/mol. The lowest BCUT2D eigenvalue weighted by Crippen LogP contribution is -2.34. The Hall–Kier alpha value is -3.71. The number of hydrogen-bond acceptors (Lipinski definition) is 5. The van der Waals surface area contributed by atoms with Crippen LogP contribution >= 0.6 is 12.2 Å². The van der Waals surface area contributed by atoms with E-state index in [2.05, 4.69) is 41.6 Å². The lowest BCUT2D eigenvalue weighted by molar-refractivity contribution is 0.0977. The average molecular weight is 488 g/mol. The second kappa shape index (κ2) is 11.1. The second-order valence-electron chi connectivity index (χ2n) is 8.42. The molecule has 0 fully saturated rings. The summed E-state index contributed by atoms with van der Waals surface area (Å²) in [6.45, 7) is 7.01. The fourth-order valence-corrected chi connectivity index (χ4v) is 3.84. The fraction of sp³-hybridized carbons (Fsp3) is 0.250. The molecule has 0 saturated heterocycles. The van der Waals surface area contributed by atoms with Crippen molar-refractivity contribution in [1.82, 2.24) is 10.3 Å². The summed E-state index contributed by atoms with van der Waals surface area (Å²) in [5.74, 6) is 1.34. The van der Waals surface area contributed by atoms with Crippen LogP contribution < -0.4 is 15.4 Å². The number of amides is 1. The Morgan fingerprint density at radius 1 is 1.09 bits per heavy atom. The molecular formula is C28H29N3O3S. The number of aromatic nitrogens is 1. The van der Waals surface area contributed by atoms with Gasteiger partial charge < -0.3 is 14.5 Å². The van der Waals surface area contributed by atoms with Crippen molar-refractivity contribution in [2.24, 2.45) is 0 Å². The molecule has 0 bridgehead atoms. The zero-order valence-electron chi connectivity index (χ0n) is 20.1. The minimum Gasteiger partial charge on any atom is -0.494 e. The quantitative estimate of drug-likeness (QED) is 0.263. The molecule has 4 rings (SSSR count). The topological polar surface area (TPSA) is 76.4 Å². The number of carbonyl (C=O) groups is 1. The van der Waals surface area contributed by atoms with E-state index in [0.717, 1.165) is 35.2 Å². The number of ether oxygens (including phenoxy) is 1. The first-order chi connectivity index (χ1) is 17.0. The zero-order valence-corrected chi connectivity index (χ0v) is 20.9. The van der Waals surface area contributed by atoms with Gasteiger partial charge in [0.15, 0.2) is 10.7 Å². The van der Waals surface area contributed by atoms with E-state index in [4.69, 9.17) is 21.4 Å². The Morgan fingerprint density at radius 2 is 1.91 bits per heavy atom. The van der Waals surface area contributed by atoms with E-state index < -0.39 is 0 Å². The molecule has 1 atom stereocenters. The smallest absolute Gasteiger partial charge is 0.257 e. The number of fused-ring (bicyclic) bond motifs is 1. The molecule has 0 spiro atoms. The second-order valence-corrected chi connectivity index (χ2v) is 8.83. The first kappa shape index (κ1) is 24.4. The maximum atomic E-state index is 12.6.